The van der Waals surface area contributed by atoms with Gasteiger partial charge in [0.15, 0.2) is 0 Å². The van der Waals surface area contributed by atoms with Crippen molar-refractivity contribution in [3.63, 3.8) is 0 Å². The Morgan fingerprint density at radius 3 is 2.35 bits per heavy atom. The lowest BCUT2D eigenvalue weighted by molar-refractivity contribution is -0.137. The smallest absolute Gasteiger partial charge is 0.334 e. The van der Waals surface area contributed by atoms with Crippen LogP contribution in [0.25, 0.3) is 0 Å². The summed E-state index contributed by atoms with van der Waals surface area (Å²) >= 11 is 0. The fourth-order valence-corrected chi connectivity index (χ4v) is 2.56. The molecule has 0 aromatic rings. The second-order valence-electron chi connectivity index (χ2n) is 4.16. The molecule has 0 saturated carbocycles. The molecule has 0 rings (SSSR count). The van der Waals surface area contributed by atoms with E-state index in [-0.39, 0.29) is 5.97 Å². The van der Waals surface area contributed by atoms with Gasteiger partial charge in [0.1, 0.15) is 0 Å². The van der Waals surface area contributed by atoms with Crippen molar-refractivity contribution >= 4 is 14.5 Å². The third-order valence-corrected chi connectivity index (χ3v) is 5.79. The molecule has 0 aliphatic carbocycles. The van der Waals surface area contributed by atoms with Crippen LogP contribution in [0.1, 0.15) is 26.7 Å². The minimum Gasteiger partial charge on any atom is -0.463 e. The number of ether oxygens (including phenoxy) is 1. The van der Waals surface area contributed by atoms with E-state index < -0.39 is 8.56 Å². The fourth-order valence-electron chi connectivity index (χ4n) is 1.20. The summed E-state index contributed by atoms with van der Waals surface area (Å²) in [5, 5.41) is 0. The van der Waals surface area contributed by atoms with E-state index in [2.05, 4.69) is 0 Å². The van der Waals surface area contributed by atoms with Gasteiger partial charge in [0.2, 0.25) is 0 Å². The molecule has 0 radical (unpaired) electrons. The van der Waals surface area contributed by atoms with Gasteiger partial charge in [0.25, 0.3) is 0 Å². The lowest BCUT2D eigenvalue weighted by Crippen LogP contribution is -2.36. The van der Waals surface area contributed by atoms with Crippen molar-refractivity contribution in [2.75, 3.05) is 20.8 Å². The Balaban J connectivity index is 3.82. The summed E-state index contributed by atoms with van der Waals surface area (Å²) in [6, 6.07) is 0.823. The van der Waals surface area contributed by atoms with Gasteiger partial charge in [-0.1, -0.05) is 12.5 Å². The molecule has 0 aliphatic rings. The van der Waals surface area contributed by atoms with E-state index in [1.165, 1.54) is 0 Å². The standard InChI is InChI=1S/C12H24O4Si/c1-6-11(2)10-12(13)16-8-7-9-17(5,14-3)15-4/h10H,6-9H2,1-5H3. The van der Waals surface area contributed by atoms with Crippen molar-refractivity contribution < 1.29 is 18.4 Å². The van der Waals surface area contributed by atoms with Crippen molar-refractivity contribution in [2.45, 2.75) is 39.3 Å². The maximum absolute atomic E-state index is 11.3. The van der Waals surface area contributed by atoms with Gasteiger partial charge in [0, 0.05) is 20.3 Å². The van der Waals surface area contributed by atoms with Gasteiger partial charge in [0.05, 0.1) is 6.61 Å². The molecule has 0 fully saturated rings. The molecule has 17 heavy (non-hydrogen) atoms. The molecular weight excluding hydrogens is 236 g/mol. The van der Waals surface area contributed by atoms with Crippen LogP contribution in [0.3, 0.4) is 0 Å². The third-order valence-electron chi connectivity index (χ3n) is 2.81. The summed E-state index contributed by atoms with van der Waals surface area (Å²) in [5.74, 6) is -0.262. The van der Waals surface area contributed by atoms with E-state index in [0.29, 0.717) is 6.61 Å². The lowest BCUT2D eigenvalue weighted by Gasteiger charge is -2.22. The van der Waals surface area contributed by atoms with E-state index in [4.69, 9.17) is 13.6 Å². The normalized spacial score (nSPS) is 12.6. The van der Waals surface area contributed by atoms with Gasteiger partial charge < -0.3 is 13.6 Å². The van der Waals surface area contributed by atoms with E-state index in [0.717, 1.165) is 24.5 Å². The summed E-state index contributed by atoms with van der Waals surface area (Å²) in [5.41, 5.74) is 1.03. The maximum atomic E-state index is 11.3. The minimum absolute atomic E-state index is 0.262. The number of hydrogen-bond donors (Lipinski definition) is 0. The van der Waals surface area contributed by atoms with Crippen LogP contribution in [0.4, 0.5) is 0 Å². The number of hydrogen-bond acceptors (Lipinski definition) is 4. The van der Waals surface area contributed by atoms with Crippen molar-refractivity contribution in [3.8, 4) is 0 Å². The number of rotatable bonds is 8. The molecule has 0 heterocycles. The topological polar surface area (TPSA) is 44.8 Å². The molecule has 0 aromatic carbocycles. The van der Waals surface area contributed by atoms with E-state index >= 15 is 0 Å². The first kappa shape index (κ1) is 16.3. The highest BCUT2D eigenvalue weighted by atomic mass is 28.4. The summed E-state index contributed by atoms with van der Waals surface area (Å²) in [6.45, 7) is 6.34. The maximum Gasteiger partial charge on any atom is 0.334 e. The van der Waals surface area contributed by atoms with Gasteiger partial charge in [-0.15, -0.1) is 0 Å². The first-order valence-electron chi connectivity index (χ1n) is 5.91. The molecule has 5 heteroatoms. The molecule has 0 bridgehead atoms. The average Bonchev–Trinajstić information content (AvgIpc) is 2.34. The van der Waals surface area contributed by atoms with Crippen LogP contribution in [0.5, 0.6) is 0 Å². The number of carbonyl (C=O) groups is 1. The van der Waals surface area contributed by atoms with Crippen molar-refractivity contribution in [3.05, 3.63) is 11.6 Å². The molecule has 0 spiro atoms. The summed E-state index contributed by atoms with van der Waals surface area (Å²) in [7, 11) is 1.31. The highest BCUT2D eigenvalue weighted by Gasteiger charge is 2.27. The highest BCUT2D eigenvalue weighted by Crippen LogP contribution is 2.13. The molecule has 100 valence electrons. The minimum atomic E-state index is -2.01. The molecule has 0 atom stereocenters. The summed E-state index contributed by atoms with van der Waals surface area (Å²) < 4.78 is 15.8. The first-order chi connectivity index (χ1) is 7.97. The Morgan fingerprint density at radius 1 is 1.29 bits per heavy atom. The Bertz CT molecular complexity index is 259. The van der Waals surface area contributed by atoms with Crippen molar-refractivity contribution in [2.24, 2.45) is 0 Å². The molecule has 0 unspecified atom stereocenters. The Labute approximate surface area is 105 Å². The second-order valence-corrected chi connectivity index (χ2v) is 7.74. The summed E-state index contributed by atoms with van der Waals surface area (Å²) in [6.07, 6.45) is 3.19. The van der Waals surface area contributed by atoms with Gasteiger partial charge in [-0.05, 0) is 32.4 Å². The summed E-state index contributed by atoms with van der Waals surface area (Å²) in [4.78, 5) is 11.3. The quantitative estimate of drug-likeness (QED) is 0.291. The van der Waals surface area contributed by atoms with E-state index in [9.17, 15) is 4.79 Å². The van der Waals surface area contributed by atoms with Gasteiger partial charge >= 0.3 is 14.5 Å². The molecule has 4 nitrogen and oxygen atoms in total. The zero-order chi connectivity index (χ0) is 13.3. The zero-order valence-corrected chi connectivity index (χ0v) is 12.5. The van der Waals surface area contributed by atoms with Crippen LogP contribution < -0.4 is 0 Å². The Hall–Kier alpha value is -0.653. The molecule has 0 N–H and O–H groups in total. The van der Waals surface area contributed by atoms with Crippen LogP contribution in [0, 0.1) is 0 Å². The molecular formula is C12H24O4Si. The van der Waals surface area contributed by atoms with Gasteiger partial charge in [-0.2, -0.15) is 0 Å². The molecule has 0 aliphatic heterocycles. The fraction of sp³-hybridized carbons (Fsp3) is 0.750. The van der Waals surface area contributed by atoms with Crippen LogP contribution in [-0.4, -0.2) is 35.4 Å². The number of carbonyl (C=O) groups excluding carboxylic acids is 1. The Kier molecular flexibility index (Phi) is 8.12. The predicted octanol–water partition coefficient (Wildman–Crippen LogP) is 2.64. The largest absolute Gasteiger partial charge is 0.463 e. The van der Waals surface area contributed by atoms with E-state index in [1.54, 1.807) is 20.3 Å². The first-order valence-corrected chi connectivity index (χ1v) is 8.44. The molecule has 0 saturated heterocycles. The molecule has 0 aromatic heterocycles. The Morgan fingerprint density at radius 2 is 1.88 bits per heavy atom. The van der Waals surface area contributed by atoms with Gasteiger partial charge in [-0.25, -0.2) is 4.79 Å². The van der Waals surface area contributed by atoms with Crippen LogP contribution >= 0.6 is 0 Å². The van der Waals surface area contributed by atoms with Crippen molar-refractivity contribution in [1.29, 1.82) is 0 Å². The SMILES string of the molecule is CCC(C)=CC(=O)OCCC[Si](C)(OC)OC. The average molecular weight is 260 g/mol. The lowest BCUT2D eigenvalue weighted by atomic mass is 10.2. The highest BCUT2D eigenvalue weighted by molar-refractivity contribution is 6.65. The predicted molar refractivity (Wildman–Crippen MR) is 70.1 cm³/mol. The van der Waals surface area contributed by atoms with E-state index in [1.807, 2.05) is 20.4 Å². The van der Waals surface area contributed by atoms with Crippen molar-refractivity contribution in [1.82, 2.24) is 0 Å². The number of allylic oxidation sites excluding steroid dienone is 1. The number of esters is 1. The second kappa shape index (κ2) is 8.44. The van der Waals surface area contributed by atoms with Crippen LogP contribution in [0.15, 0.2) is 11.6 Å². The van der Waals surface area contributed by atoms with Crippen LogP contribution in [0.2, 0.25) is 12.6 Å². The van der Waals surface area contributed by atoms with Gasteiger partial charge in [-0.3, -0.25) is 0 Å². The zero-order valence-electron chi connectivity index (χ0n) is 11.5. The van der Waals surface area contributed by atoms with Crippen LogP contribution in [-0.2, 0) is 18.4 Å². The third kappa shape index (κ3) is 7.30. The monoisotopic (exact) mass is 260 g/mol. The molecule has 0 amide bonds.